The number of esters is 1. The van der Waals surface area contributed by atoms with E-state index in [9.17, 15) is 19.8 Å². The molecule has 3 N–H and O–H groups in total. The van der Waals surface area contributed by atoms with Crippen LogP contribution in [0, 0.1) is 0 Å². The lowest BCUT2D eigenvalue weighted by Crippen LogP contribution is -2.45. The van der Waals surface area contributed by atoms with Gasteiger partial charge < -0.3 is 20.3 Å². The average Bonchev–Trinajstić information content (AvgIpc) is 3.45. The molecule has 0 spiro atoms. The molecule has 0 rings (SSSR count). The first-order valence-corrected chi connectivity index (χ1v) is 36.1. The quantitative estimate of drug-likeness (QED) is 0.0320. The van der Waals surface area contributed by atoms with Crippen molar-refractivity contribution in [2.75, 3.05) is 13.2 Å². The molecule has 0 fully saturated rings. The van der Waals surface area contributed by atoms with Crippen molar-refractivity contribution in [2.24, 2.45) is 0 Å². The lowest BCUT2D eigenvalue weighted by molar-refractivity contribution is -0.143. The van der Waals surface area contributed by atoms with E-state index in [1.165, 1.54) is 327 Å². The third-order valence-corrected chi connectivity index (χ3v) is 17.0. The van der Waals surface area contributed by atoms with Gasteiger partial charge in [-0.2, -0.15) is 0 Å². The van der Waals surface area contributed by atoms with Crippen LogP contribution in [0.3, 0.4) is 0 Å². The van der Waals surface area contributed by atoms with Crippen LogP contribution >= 0.6 is 0 Å². The molecule has 0 radical (unpaired) electrons. The first kappa shape index (κ1) is 77.3. The maximum Gasteiger partial charge on any atom is 0.305 e. The lowest BCUT2D eigenvalue weighted by Gasteiger charge is -2.22. The number of carbonyl (C=O) groups is 2. The molecule has 0 aromatic rings. The Labute approximate surface area is 494 Å². The van der Waals surface area contributed by atoms with Gasteiger partial charge in [0.05, 0.1) is 25.4 Å². The van der Waals surface area contributed by atoms with Crippen LogP contribution in [-0.2, 0) is 14.3 Å². The molecule has 6 heteroatoms. The van der Waals surface area contributed by atoms with Crippen LogP contribution in [-0.4, -0.2) is 47.4 Å². The van der Waals surface area contributed by atoms with Crippen molar-refractivity contribution in [3.8, 4) is 0 Å². The Hall–Kier alpha value is -1.66. The molecule has 0 aliphatic rings. The highest BCUT2D eigenvalue weighted by atomic mass is 16.5. The molecule has 2 atom stereocenters. The van der Waals surface area contributed by atoms with E-state index >= 15 is 0 Å². The molecule has 0 heterocycles. The summed E-state index contributed by atoms with van der Waals surface area (Å²) in [7, 11) is 0. The minimum Gasteiger partial charge on any atom is -0.466 e. The van der Waals surface area contributed by atoms with Gasteiger partial charge in [0.2, 0.25) is 5.91 Å². The van der Waals surface area contributed by atoms with E-state index in [2.05, 4.69) is 43.5 Å². The number of ether oxygens (including phenoxy) is 1. The number of carbonyl (C=O) groups excluding carboxylic acids is 2. The number of hydrogen-bond acceptors (Lipinski definition) is 5. The van der Waals surface area contributed by atoms with Crippen molar-refractivity contribution in [3.05, 3.63) is 24.3 Å². The third kappa shape index (κ3) is 65.4. The van der Waals surface area contributed by atoms with Crippen LogP contribution in [0.15, 0.2) is 24.3 Å². The first-order chi connectivity index (χ1) is 39.0. The topological polar surface area (TPSA) is 95.9 Å². The van der Waals surface area contributed by atoms with Crippen molar-refractivity contribution in [3.63, 3.8) is 0 Å². The summed E-state index contributed by atoms with van der Waals surface area (Å²) in [6.45, 7) is 4.99. The van der Waals surface area contributed by atoms with E-state index in [1.54, 1.807) is 0 Å². The van der Waals surface area contributed by atoms with E-state index in [4.69, 9.17) is 4.74 Å². The molecule has 0 aromatic heterocycles. The second-order valence-corrected chi connectivity index (χ2v) is 24.9. The fraction of sp³-hybridized carbons (Fsp3) is 0.918. The summed E-state index contributed by atoms with van der Waals surface area (Å²) < 4.78 is 5.51. The minimum atomic E-state index is -0.664. The maximum absolute atomic E-state index is 12.5. The second-order valence-electron chi connectivity index (χ2n) is 24.9. The van der Waals surface area contributed by atoms with Crippen molar-refractivity contribution >= 4 is 11.9 Å². The molecule has 0 bridgehead atoms. The SMILES string of the molecule is CCCCCCCCCCCCCCCCCCCCCC(=O)OCCCCCCCCCCC/C=C\C/C=C\CCCCCCCCCCCCCCCC(=O)NC(CO)C(O)CCCCCCCCCCCCCCCC. The normalized spacial score (nSPS) is 12.6. The molecule has 79 heavy (non-hydrogen) atoms. The van der Waals surface area contributed by atoms with Crippen LogP contribution in [0.4, 0.5) is 0 Å². The van der Waals surface area contributed by atoms with Gasteiger partial charge in [-0.3, -0.25) is 9.59 Å². The number of rotatable bonds is 68. The van der Waals surface area contributed by atoms with Gasteiger partial charge in [-0.15, -0.1) is 0 Å². The monoisotopic (exact) mass is 1110 g/mol. The fourth-order valence-corrected chi connectivity index (χ4v) is 11.5. The van der Waals surface area contributed by atoms with Gasteiger partial charge in [-0.1, -0.05) is 359 Å². The molecule has 0 aromatic carbocycles. The summed E-state index contributed by atoms with van der Waals surface area (Å²) in [4.78, 5) is 24.6. The summed E-state index contributed by atoms with van der Waals surface area (Å²) in [5, 5.41) is 23.3. The predicted molar refractivity (Wildman–Crippen MR) is 347 cm³/mol. The third-order valence-electron chi connectivity index (χ3n) is 17.0. The Morgan fingerprint density at radius 1 is 0.354 bits per heavy atom. The van der Waals surface area contributed by atoms with Gasteiger partial charge in [0.25, 0.3) is 0 Å². The van der Waals surface area contributed by atoms with Crippen LogP contribution < -0.4 is 5.32 Å². The summed E-state index contributed by atoms with van der Waals surface area (Å²) in [6, 6.07) is -0.542. The number of aliphatic hydroxyl groups excluding tert-OH is 2. The molecule has 0 aliphatic heterocycles. The maximum atomic E-state index is 12.5. The molecule has 0 aliphatic carbocycles. The number of unbranched alkanes of at least 4 members (excludes halogenated alkanes) is 53. The summed E-state index contributed by atoms with van der Waals surface area (Å²) >= 11 is 0. The first-order valence-electron chi connectivity index (χ1n) is 36.1. The smallest absolute Gasteiger partial charge is 0.305 e. The Balaban J connectivity index is 3.37. The Kier molecular flexibility index (Phi) is 67.4. The van der Waals surface area contributed by atoms with Crippen LogP contribution in [0.25, 0.3) is 0 Å². The van der Waals surface area contributed by atoms with Crippen molar-refractivity contribution in [1.82, 2.24) is 5.32 Å². The number of amides is 1. The van der Waals surface area contributed by atoms with Gasteiger partial charge in [0.15, 0.2) is 0 Å². The van der Waals surface area contributed by atoms with E-state index in [-0.39, 0.29) is 18.5 Å². The van der Waals surface area contributed by atoms with Gasteiger partial charge in [-0.05, 0) is 57.8 Å². The van der Waals surface area contributed by atoms with Gasteiger partial charge in [-0.25, -0.2) is 0 Å². The van der Waals surface area contributed by atoms with E-state index in [0.29, 0.717) is 25.9 Å². The predicted octanol–water partition coefficient (Wildman–Crippen LogP) is 23.3. The van der Waals surface area contributed by atoms with Crippen LogP contribution in [0.5, 0.6) is 0 Å². The standard InChI is InChI=1S/C73H141NO5/c1-3-5-7-9-11-13-15-17-19-20-32-36-39-43-47-51-55-59-63-67-73(78)79-68-64-60-56-52-48-44-40-37-34-31-29-27-25-23-21-22-24-26-28-30-33-35-38-42-46-50-54-58-62-66-72(77)74-70(69-75)71(76)65-61-57-53-49-45-41-18-16-14-12-10-8-6-4-2/h21,23,27,29,70-71,75-76H,3-20,22,24-26,28,30-69H2,1-2H3,(H,74,77)/b23-21-,29-27-. The van der Waals surface area contributed by atoms with Crippen LogP contribution in [0.1, 0.15) is 406 Å². The number of nitrogens with one attached hydrogen (secondary N) is 1. The molecule has 0 saturated heterocycles. The lowest BCUT2D eigenvalue weighted by atomic mass is 10.0. The van der Waals surface area contributed by atoms with Gasteiger partial charge >= 0.3 is 5.97 Å². The Bertz CT molecular complexity index is 1230. The molecule has 0 saturated carbocycles. The average molecular weight is 1110 g/mol. The summed E-state index contributed by atoms with van der Waals surface area (Å²) in [6.07, 6.45) is 86.6. The Morgan fingerprint density at radius 3 is 0.962 bits per heavy atom. The highest BCUT2D eigenvalue weighted by Crippen LogP contribution is 2.19. The molecular weight excluding hydrogens is 971 g/mol. The summed E-state index contributed by atoms with van der Waals surface area (Å²) in [5.41, 5.74) is 0. The summed E-state index contributed by atoms with van der Waals surface area (Å²) in [5.74, 6) is -0.0160. The van der Waals surface area contributed by atoms with Gasteiger partial charge in [0.1, 0.15) is 0 Å². The van der Waals surface area contributed by atoms with E-state index in [0.717, 1.165) is 44.9 Å². The molecule has 1 amide bonds. The van der Waals surface area contributed by atoms with Crippen molar-refractivity contribution < 1.29 is 24.5 Å². The van der Waals surface area contributed by atoms with Crippen molar-refractivity contribution in [2.45, 2.75) is 418 Å². The minimum absolute atomic E-state index is 0.0176. The zero-order chi connectivity index (χ0) is 57.1. The molecule has 468 valence electrons. The zero-order valence-electron chi connectivity index (χ0n) is 53.6. The molecule has 6 nitrogen and oxygen atoms in total. The largest absolute Gasteiger partial charge is 0.466 e. The van der Waals surface area contributed by atoms with Crippen LogP contribution in [0.2, 0.25) is 0 Å². The highest BCUT2D eigenvalue weighted by Gasteiger charge is 2.20. The van der Waals surface area contributed by atoms with E-state index < -0.39 is 12.1 Å². The number of hydrogen-bond donors (Lipinski definition) is 3. The zero-order valence-corrected chi connectivity index (χ0v) is 53.6. The highest BCUT2D eigenvalue weighted by molar-refractivity contribution is 5.76. The van der Waals surface area contributed by atoms with E-state index in [1.807, 2.05) is 0 Å². The fourth-order valence-electron chi connectivity index (χ4n) is 11.5. The Morgan fingerprint density at radius 2 is 0.633 bits per heavy atom. The second kappa shape index (κ2) is 68.8. The number of allylic oxidation sites excluding steroid dienone is 4. The molecular formula is C73H141NO5. The van der Waals surface area contributed by atoms with Gasteiger partial charge in [0, 0.05) is 12.8 Å². The molecule has 2 unspecified atom stereocenters. The number of aliphatic hydroxyl groups is 2. The van der Waals surface area contributed by atoms with Crippen molar-refractivity contribution in [1.29, 1.82) is 0 Å².